The van der Waals surface area contributed by atoms with E-state index in [1.54, 1.807) is 49.1 Å². The molecule has 10 heteroatoms. The molecule has 1 aliphatic rings. The van der Waals surface area contributed by atoms with Crippen LogP contribution in [0.2, 0.25) is 0 Å². The maximum Gasteiger partial charge on any atom is 0.325 e. The zero-order valence-electron chi connectivity index (χ0n) is 16.1. The lowest BCUT2D eigenvalue weighted by Crippen LogP contribution is -3.13. The van der Waals surface area contributed by atoms with Gasteiger partial charge in [-0.15, -0.1) is 10.2 Å². The Bertz CT molecular complexity index is 780. The van der Waals surface area contributed by atoms with Gasteiger partial charge in [0.05, 0.1) is 33.9 Å². The van der Waals surface area contributed by atoms with Crippen molar-refractivity contribution in [3.8, 4) is 11.5 Å². The minimum Gasteiger partial charge on any atom is -0.493 e. The third-order valence-electron chi connectivity index (χ3n) is 4.51. The summed E-state index contributed by atoms with van der Waals surface area (Å²) in [4.78, 5) is 13.9. The average Bonchev–Trinajstić information content (AvgIpc) is 3.15. The fraction of sp³-hybridized carbons (Fsp3) is 0.500. The summed E-state index contributed by atoms with van der Waals surface area (Å²) >= 11 is 3.08. The van der Waals surface area contributed by atoms with Gasteiger partial charge in [-0.3, -0.25) is 5.32 Å². The molecule has 0 bridgehead atoms. The van der Waals surface area contributed by atoms with Crippen LogP contribution in [0.5, 0.6) is 11.5 Å². The van der Waals surface area contributed by atoms with Crippen molar-refractivity contribution in [3.63, 3.8) is 0 Å². The van der Waals surface area contributed by atoms with Gasteiger partial charge >= 0.3 is 6.03 Å². The number of quaternary nitrogens is 1. The van der Waals surface area contributed by atoms with E-state index in [0.717, 1.165) is 16.6 Å². The topological polar surface area (TPSA) is 89.8 Å². The minimum atomic E-state index is -0.377. The predicted molar refractivity (Wildman–Crippen MR) is 112 cm³/mol. The van der Waals surface area contributed by atoms with Gasteiger partial charge in [0.15, 0.2) is 15.8 Å². The Kier molecular flexibility index (Phi) is 7.75. The Morgan fingerprint density at radius 2 is 1.93 bits per heavy atom. The molecule has 0 unspecified atom stereocenters. The van der Waals surface area contributed by atoms with Gasteiger partial charge in [0.1, 0.15) is 0 Å². The number of carbonyl (C=O) groups excluding carboxylic acids is 1. The Hall–Kier alpha value is -2.04. The van der Waals surface area contributed by atoms with E-state index in [-0.39, 0.29) is 6.03 Å². The second kappa shape index (κ2) is 10.5. The first-order valence-electron chi connectivity index (χ1n) is 9.28. The van der Waals surface area contributed by atoms with E-state index in [9.17, 15) is 4.79 Å². The number of aromatic nitrogens is 2. The highest BCUT2D eigenvalue weighted by Crippen LogP contribution is 2.30. The first-order chi connectivity index (χ1) is 13.7. The summed E-state index contributed by atoms with van der Waals surface area (Å²) < 4.78 is 11.3. The molecule has 0 spiro atoms. The molecule has 2 amide bonds. The van der Waals surface area contributed by atoms with Crippen molar-refractivity contribution in [3.05, 3.63) is 18.2 Å². The number of urea groups is 1. The number of carbonyl (C=O) groups is 1. The Morgan fingerprint density at radius 3 is 2.68 bits per heavy atom. The lowest BCUT2D eigenvalue weighted by molar-refractivity contribution is -0.902. The van der Waals surface area contributed by atoms with Crippen molar-refractivity contribution < 1.29 is 19.2 Å². The molecule has 1 aromatic heterocycles. The number of hydrogen-bond acceptors (Lipinski definition) is 7. The highest BCUT2D eigenvalue weighted by molar-refractivity contribution is 8.01. The molecular weight excluding hydrogens is 398 g/mol. The van der Waals surface area contributed by atoms with Crippen molar-refractivity contribution in [2.45, 2.75) is 23.6 Å². The number of amides is 2. The zero-order valence-corrected chi connectivity index (χ0v) is 17.8. The van der Waals surface area contributed by atoms with Crippen molar-refractivity contribution >= 4 is 39.9 Å². The lowest BCUT2D eigenvalue weighted by Gasteiger charge is -2.22. The molecule has 8 nitrogen and oxygen atoms in total. The van der Waals surface area contributed by atoms with Crippen LogP contribution in [-0.2, 0) is 0 Å². The SMILES string of the molecule is COc1ccc(NC(=O)Nc2nnc(SCC[NH+]3CCCCC3)s2)cc1OC. The monoisotopic (exact) mass is 424 g/mol. The number of methoxy groups -OCH3 is 2. The van der Waals surface area contributed by atoms with E-state index in [4.69, 9.17) is 9.47 Å². The molecular formula is C18H26N5O3S2+. The van der Waals surface area contributed by atoms with E-state index in [0.29, 0.717) is 22.3 Å². The van der Waals surface area contributed by atoms with Gasteiger partial charge < -0.3 is 19.7 Å². The minimum absolute atomic E-state index is 0.377. The number of hydrogen-bond donors (Lipinski definition) is 3. The molecule has 0 atom stereocenters. The van der Waals surface area contributed by atoms with Gasteiger partial charge in [-0.25, -0.2) is 4.79 Å². The van der Waals surface area contributed by atoms with Crippen LogP contribution in [0, 0.1) is 0 Å². The van der Waals surface area contributed by atoms with E-state index in [1.807, 2.05) is 0 Å². The summed E-state index contributed by atoms with van der Waals surface area (Å²) in [5.41, 5.74) is 0.596. The molecule has 1 aromatic carbocycles. The summed E-state index contributed by atoms with van der Waals surface area (Å²) in [5, 5.41) is 14.2. The van der Waals surface area contributed by atoms with Crippen molar-refractivity contribution in [2.75, 3.05) is 50.2 Å². The molecule has 3 rings (SSSR count). The van der Waals surface area contributed by atoms with Crippen LogP contribution in [0.15, 0.2) is 22.5 Å². The first kappa shape index (κ1) is 20.7. The van der Waals surface area contributed by atoms with Gasteiger partial charge in [0.2, 0.25) is 5.13 Å². The highest BCUT2D eigenvalue weighted by Gasteiger charge is 2.14. The van der Waals surface area contributed by atoms with Crippen LogP contribution in [0.4, 0.5) is 15.6 Å². The number of likely N-dealkylation sites (tertiary alicyclic amines) is 1. The third kappa shape index (κ3) is 5.98. The summed E-state index contributed by atoms with van der Waals surface area (Å²) in [6.07, 6.45) is 4.04. The highest BCUT2D eigenvalue weighted by atomic mass is 32.2. The Morgan fingerprint density at radius 1 is 1.14 bits per heavy atom. The number of thioether (sulfide) groups is 1. The molecule has 2 heterocycles. The van der Waals surface area contributed by atoms with Crippen molar-refractivity contribution in [1.29, 1.82) is 0 Å². The van der Waals surface area contributed by atoms with Gasteiger partial charge in [0.25, 0.3) is 0 Å². The Labute approximate surface area is 173 Å². The first-order valence-corrected chi connectivity index (χ1v) is 11.1. The fourth-order valence-corrected chi connectivity index (χ4v) is 4.94. The molecule has 0 saturated carbocycles. The molecule has 1 saturated heterocycles. The largest absolute Gasteiger partial charge is 0.493 e. The number of rotatable bonds is 8. The predicted octanol–water partition coefficient (Wildman–Crippen LogP) is 2.36. The second-order valence-electron chi connectivity index (χ2n) is 6.43. The fourth-order valence-electron chi connectivity index (χ4n) is 3.08. The van der Waals surface area contributed by atoms with Crippen molar-refractivity contribution in [1.82, 2.24) is 10.2 Å². The molecule has 0 aliphatic carbocycles. The number of ether oxygens (including phenoxy) is 2. The maximum absolute atomic E-state index is 12.2. The number of piperidine rings is 1. The van der Waals surface area contributed by atoms with Crippen LogP contribution in [0.3, 0.4) is 0 Å². The standard InChI is InChI=1S/C18H25N5O3S2/c1-25-14-7-6-13(12-15(14)26-2)19-16(24)20-17-21-22-18(28-17)27-11-10-23-8-4-3-5-9-23/h6-7,12H,3-5,8-11H2,1-2H3,(H2,19,20,21,24)/p+1. The summed E-state index contributed by atoms with van der Waals surface area (Å²) in [7, 11) is 3.12. The molecule has 2 aromatic rings. The van der Waals surface area contributed by atoms with Crippen LogP contribution in [0.1, 0.15) is 19.3 Å². The average molecular weight is 425 g/mol. The normalized spacial score (nSPS) is 14.5. The smallest absolute Gasteiger partial charge is 0.325 e. The van der Waals surface area contributed by atoms with Gasteiger partial charge in [0, 0.05) is 17.5 Å². The van der Waals surface area contributed by atoms with E-state index in [1.165, 1.54) is 43.7 Å². The Balaban J connectivity index is 1.45. The maximum atomic E-state index is 12.2. The number of nitrogens with zero attached hydrogens (tertiary/aromatic N) is 2. The number of anilines is 2. The van der Waals surface area contributed by atoms with Gasteiger partial charge in [-0.05, 0) is 31.4 Å². The molecule has 3 N–H and O–H groups in total. The quantitative estimate of drug-likeness (QED) is 0.445. The van der Waals surface area contributed by atoms with E-state index < -0.39 is 0 Å². The number of nitrogens with one attached hydrogen (secondary N) is 3. The summed E-state index contributed by atoms with van der Waals surface area (Å²) in [5.74, 6) is 2.17. The molecule has 28 heavy (non-hydrogen) atoms. The van der Waals surface area contributed by atoms with Crippen LogP contribution in [0.25, 0.3) is 0 Å². The van der Waals surface area contributed by atoms with Crippen LogP contribution < -0.4 is 25.0 Å². The molecule has 1 fully saturated rings. The van der Waals surface area contributed by atoms with Crippen LogP contribution >= 0.6 is 23.1 Å². The summed E-state index contributed by atoms with van der Waals surface area (Å²) in [6, 6.07) is 4.80. The molecule has 0 radical (unpaired) electrons. The zero-order chi connectivity index (χ0) is 19.8. The van der Waals surface area contributed by atoms with E-state index >= 15 is 0 Å². The lowest BCUT2D eigenvalue weighted by atomic mass is 10.1. The third-order valence-corrected chi connectivity index (χ3v) is 6.48. The number of benzene rings is 1. The summed E-state index contributed by atoms with van der Waals surface area (Å²) in [6.45, 7) is 3.70. The van der Waals surface area contributed by atoms with Crippen LogP contribution in [-0.4, -0.2) is 55.8 Å². The molecule has 152 valence electrons. The second-order valence-corrected chi connectivity index (χ2v) is 8.75. The molecule has 1 aliphatic heterocycles. The van der Waals surface area contributed by atoms with Gasteiger partial charge in [-0.2, -0.15) is 0 Å². The van der Waals surface area contributed by atoms with Gasteiger partial charge in [-0.1, -0.05) is 23.1 Å². The van der Waals surface area contributed by atoms with Crippen molar-refractivity contribution in [2.24, 2.45) is 0 Å². The van der Waals surface area contributed by atoms with E-state index in [2.05, 4.69) is 20.8 Å².